The smallest absolute Gasteiger partial charge is 0.194 e. The maximum atomic E-state index is 8.07. The summed E-state index contributed by atoms with van der Waals surface area (Å²) in [4.78, 5) is 14.4. The van der Waals surface area contributed by atoms with Crippen LogP contribution in [0.2, 0.25) is 0 Å². The summed E-state index contributed by atoms with van der Waals surface area (Å²) in [5.74, 6) is 0.622. The molecule has 0 bridgehead atoms. The van der Waals surface area contributed by atoms with E-state index >= 15 is 0 Å². The van der Waals surface area contributed by atoms with Crippen LogP contribution >= 0.6 is 0 Å². The second kappa shape index (κ2) is 12.3. The van der Waals surface area contributed by atoms with Crippen molar-refractivity contribution in [3.63, 3.8) is 0 Å². The summed E-state index contributed by atoms with van der Waals surface area (Å²) in [5.41, 5.74) is 15.4. The lowest BCUT2D eigenvalue weighted by atomic mass is 9.80. The van der Waals surface area contributed by atoms with Crippen molar-refractivity contribution in [2.45, 2.75) is 19.3 Å². The van der Waals surface area contributed by atoms with Crippen LogP contribution in [0, 0.1) is 6.57 Å². The van der Waals surface area contributed by atoms with Gasteiger partial charge in [-0.05, 0) is 69.8 Å². The molecule has 0 amide bonds. The Morgan fingerprint density at radius 3 is 1.85 bits per heavy atom. The van der Waals surface area contributed by atoms with Gasteiger partial charge in [-0.3, -0.25) is 0 Å². The summed E-state index contributed by atoms with van der Waals surface area (Å²) in [5, 5.41) is 2.49. The lowest BCUT2D eigenvalue weighted by molar-refractivity contribution is 0.666. The fraction of sp³-hybridized carbons (Fsp3) is 0.0600. The fourth-order valence-electron chi connectivity index (χ4n) is 8.54. The van der Waals surface area contributed by atoms with Gasteiger partial charge in [0.1, 0.15) is 0 Å². The molecule has 254 valence electrons. The molecule has 4 nitrogen and oxygen atoms in total. The first-order valence-corrected chi connectivity index (χ1v) is 18.3. The van der Waals surface area contributed by atoms with E-state index in [1.54, 1.807) is 0 Å². The monoisotopic (exact) mass is 690 g/mol. The van der Waals surface area contributed by atoms with Gasteiger partial charge < -0.3 is 4.57 Å². The maximum absolute atomic E-state index is 8.07. The highest BCUT2D eigenvalue weighted by Gasteiger charge is 2.38. The van der Waals surface area contributed by atoms with Crippen LogP contribution in [0.15, 0.2) is 170 Å². The molecule has 4 heteroatoms. The van der Waals surface area contributed by atoms with Crippen molar-refractivity contribution in [2.24, 2.45) is 0 Å². The molecule has 1 aliphatic carbocycles. The first-order chi connectivity index (χ1) is 26.5. The first kappa shape index (κ1) is 31.6. The normalized spacial score (nSPS) is 12.8. The molecule has 0 radical (unpaired) electrons. The summed E-state index contributed by atoms with van der Waals surface area (Å²) in [6.45, 7) is 12.8. The third-order valence-electron chi connectivity index (χ3n) is 11.0. The molecule has 7 aromatic carbocycles. The summed E-state index contributed by atoms with van der Waals surface area (Å²) < 4.78 is 2.39. The third-order valence-corrected chi connectivity index (χ3v) is 11.0. The molecule has 10 rings (SSSR count). The van der Waals surface area contributed by atoms with Gasteiger partial charge in [0.05, 0.1) is 29.0 Å². The minimum Gasteiger partial charge on any atom is -0.309 e. The van der Waals surface area contributed by atoms with Crippen LogP contribution < -0.4 is 0 Å². The number of nitrogens with zero attached hydrogens (tertiary/aromatic N) is 4. The lowest BCUT2D eigenvalue weighted by Crippen LogP contribution is -2.15. The molecule has 0 saturated heterocycles. The van der Waals surface area contributed by atoms with E-state index in [0.717, 1.165) is 55.9 Å². The fourth-order valence-corrected chi connectivity index (χ4v) is 8.54. The Kier molecular flexibility index (Phi) is 7.18. The van der Waals surface area contributed by atoms with Crippen molar-refractivity contribution in [3.8, 4) is 61.8 Å². The van der Waals surface area contributed by atoms with Gasteiger partial charge in [0, 0.05) is 38.6 Å². The minimum atomic E-state index is -0.179. The average Bonchev–Trinajstić information content (AvgIpc) is 3.69. The zero-order chi connectivity index (χ0) is 36.4. The molecule has 0 spiro atoms. The summed E-state index contributed by atoms with van der Waals surface area (Å²) in [6.07, 6.45) is 0. The lowest BCUT2D eigenvalue weighted by Gasteiger charge is -2.22. The highest BCUT2D eigenvalue weighted by Crippen LogP contribution is 2.53. The van der Waals surface area contributed by atoms with E-state index in [4.69, 9.17) is 16.5 Å². The van der Waals surface area contributed by atoms with Crippen molar-refractivity contribution in [1.82, 2.24) is 14.5 Å². The predicted molar refractivity (Wildman–Crippen MR) is 222 cm³/mol. The molecule has 2 heterocycles. The van der Waals surface area contributed by atoms with Gasteiger partial charge in [-0.2, -0.15) is 0 Å². The molecular weight excluding hydrogens is 657 g/mol. The van der Waals surface area contributed by atoms with Gasteiger partial charge in [0.2, 0.25) is 0 Å². The second-order valence-corrected chi connectivity index (χ2v) is 14.5. The molecule has 0 unspecified atom stereocenters. The quantitative estimate of drug-likeness (QED) is 0.169. The van der Waals surface area contributed by atoms with Crippen molar-refractivity contribution >= 4 is 27.5 Å². The predicted octanol–water partition coefficient (Wildman–Crippen LogP) is 13.1. The highest BCUT2D eigenvalue weighted by atomic mass is 15.0. The van der Waals surface area contributed by atoms with E-state index < -0.39 is 0 Å². The summed E-state index contributed by atoms with van der Waals surface area (Å²) >= 11 is 0. The van der Waals surface area contributed by atoms with E-state index in [0.29, 0.717) is 11.5 Å². The van der Waals surface area contributed by atoms with Crippen LogP contribution in [0.5, 0.6) is 0 Å². The molecule has 0 fully saturated rings. The summed E-state index contributed by atoms with van der Waals surface area (Å²) in [7, 11) is 0. The maximum Gasteiger partial charge on any atom is 0.194 e. The van der Waals surface area contributed by atoms with Crippen LogP contribution in [0.25, 0.3) is 88.5 Å². The van der Waals surface area contributed by atoms with E-state index in [1.807, 2.05) is 60.7 Å². The second-order valence-electron chi connectivity index (χ2n) is 14.5. The molecule has 0 atom stereocenters. The van der Waals surface area contributed by atoms with E-state index in [-0.39, 0.29) is 5.41 Å². The van der Waals surface area contributed by atoms with Gasteiger partial charge in [0.15, 0.2) is 11.5 Å². The minimum absolute atomic E-state index is 0.179. The van der Waals surface area contributed by atoms with E-state index in [9.17, 15) is 0 Å². The standard InChI is InChI=1S/C50H34N4/c1-50(2)41-23-13-10-21-38(41)39-26-27-46-47(48(39)50)40-22-12-15-25-45(40)54(46)36-29-34(37-20-11-14-24-42(37)51-3)28-35(30-36)49-52-43(32-16-6-4-7-17-32)31-44(53-49)33-18-8-5-9-19-33/h4-31H,1-2H3. The Hall–Kier alpha value is -7.09. The largest absolute Gasteiger partial charge is 0.309 e. The van der Waals surface area contributed by atoms with Crippen LogP contribution in [0.4, 0.5) is 5.69 Å². The van der Waals surface area contributed by atoms with E-state index in [2.05, 4.69) is 132 Å². The number of benzene rings is 7. The number of hydrogen-bond acceptors (Lipinski definition) is 2. The van der Waals surface area contributed by atoms with Crippen molar-refractivity contribution in [1.29, 1.82) is 0 Å². The van der Waals surface area contributed by atoms with Crippen molar-refractivity contribution < 1.29 is 0 Å². The van der Waals surface area contributed by atoms with Crippen LogP contribution in [0.1, 0.15) is 25.0 Å². The topological polar surface area (TPSA) is 35.1 Å². The molecule has 0 N–H and O–H groups in total. The molecule has 2 aromatic heterocycles. The van der Waals surface area contributed by atoms with E-state index in [1.165, 1.54) is 33.0 Å². The average molecular weight is 691 g/mol. The molecule has 9 aromatic rings. The van der Waals surface area contributed by atoms with Gasteiger partial charge in [-0.1, -0.05) is 147 Å². The van der Waals surface area contributed by atoms with Crippen molar-refractivity contribution in [3.05, 3.63) is 192 Å². The molecule has 54 heavy (non-hydrogen) atoms. The van der Waals surface area contributed by atoms with Gasteiger partial charge in [-0.25, -0.2) is 14.8 Å². The first-order valence-electron chi connectivity index (χ1n) is 18.3. The van der Waals surface area contributed by atoms with Crippen molar-refractivity contribution in [2.75, 3.05) is 0 Å². The van der Waals surface area contributed by atoms with Crippen LogP contribution in [0.3, 0.4) is 0 Å². The molecule has 0 aliphatic heterocycles. The highest BCUT2D eigenvalue weighted by molar-refractivity contribution is 6.14. The Morgan fingerprint density at radius 1 is 0.519 bits per heavy atom. The Balaban J connectivity index is 1.28. The van der Waals surface area contributed by atoms with Crippen LogP contribution in [-0.2, 0) is 5.41 Å². The number of hydrogen-bond donors (Lipinski definition) is 0. The summed E-state index contributed by atoms with van der Waals surface area (Å²) in [6, 6.07) is 59.2. The Bertz CT molecular complexity index is 2910. The van der Waals surface area contributed by atoms with Gasteiger partial charge in [-0.15, -0.1) is 0 Å². The number of fused-ring (bicyclic) bond motifs is 7. The zero-order valence-electron chi connectivity index (χ0n) is 30.0. The van der Waals surface area contributed by atoms with Gasteiger partial charge in [0.25, 0.3) is 0 Å². The van der Waals surface area contributed by atoms with Crippen LogP contribution in [-0.4, -0.2) is 14.5 Å². The molecule has 0 saturated carbocycles. The Labute approximate surface area is 314 Å². The van der Waals surface area contributed by atoms with Gasteiger partial charge >= 0.3 is 0 Å². The molecule has 1 aliphatic rings. The number of aromatic nitrogens is 3. The number of para-hydroxylation sites is 2. The SMILES string of the molecule is [C-]#[N+]c1ccccc1-c1cc(-c2nc(-c3ccccc3)cc(-c3ccccc3)n2)cc(-n2c3ccccc3c3c4c(ccc32)-c2ccccc2C4(C)C)c1. The molecular formula is C50H34N4. The third kappa shape index (κ3) is 4.90. The Morgan fingerprint density at radius 2 is 1.13 bits per heavy atom. The zero-order valence-corrected chi connectivity index (χ0v) is 30.0. The number of rotatable bonds is 5.